The van der Waals surface area contributed by atoms with E-state index >= 15 is 0 Å². The van der Waals surface area contributed by atoms with Crippen LogP contribution in [0.25, 0.3) is 0 Å². The minimum Gasteiger partial charge on any atom is -0.859 e. The van der Waals surface area contributed by atoms with Gasteiger partial charge >= 0.3 is 29.6 Å². The molecule has 0 aliphatic carbocycles. The number of nitriles is 1. The average Bonchev–Trinajstić information content (AvgIpc) is 2.01. The Bertz CT molecular complexity index is 417. The molecule has 0 bridgehead atoms. The van der Waals surface area contributed by atoms with E-state index in [0.29, 0.717) is 5.56 Å². The minimum atomic E-state index is -0.525. The second kappa shape index (κ2) is 4.47. The molecule has 0 atom stereocenters. The summed E-state index contributed by atoms with van der Waals surface area (Å²) in [5.74, 6) is -0.525. The number of hydrogen-bond donors (Lipinski definition) is 0. The zero-order valence-electron chi connectivity index (χ0n) is 7.79. The van der Waals surface area contributed by atoms with Crippen molar-refractivity contribution < 1.29 is 34.7 Å². The number of rotatable bonds is 0. The first-order chi connectivity index (χ1) is 5.57. The van der Waals surface area contributed by atoms with Crippen molar-refractivity contribution in [1.82, 2.24) is 4.57 Å². The van der Waals surface area contributed by atoms with Gasteiger partial charge in [0, 0.05) is 13.1 Å². The molecule has 0 radical (unpaired) electrons. The van der Waals surface area contributed by atoms with Crippen LogP contribution in [0.1, 0.15) is 11.1 Å². The van der Waals surface area contributed by atoms with Crippen LogP contribution in [0.4, 0.5) is 0 Å². The molecule has 1 rings (SSSR count). The first-order valence-corrected chi connectivity index (χ1v) is 3.35. The Morgan fingerprint density at radius 3 is 2.62 bits per heavy atom. The number of aryl methyl sites for hydroxylation is 1. The zero-order chi connectivity index (χ0) is 9.30. The van der Waals surface area contributed by atoms with Gasteiger partial charge in [0.05, 0.1) is 5.56 Å². The Morgan fingerprint density at radius 1 is 1.62 bits per heavy atom. The van der Waals surface area contributed by atoms with Crippen molar-refractivity contribution in [2.45, 2.75) is 6.92 Å². The van der Waals surface area contributed by atoms with E-state index in [1.807, 2.05) is 0 Å². The van der Waals surface area contributed by atoms with Crippen molar-refractivity contribution in [3.8, 4) is 11.9 Å². The number of aromatic nitrogens is 1. The van der Waals surface area contributed by atoms with E-state index in [1.165, 1.54) is 13.1 Å². The van der Waals surface area contributed by atoms with Crippen LogP contribution < -0.4 is 40.2 Å². The van der Waals surface area contributed by atoms with E-state index in [1.54, 1.807) is 13.0 Å². The third-order valence-electron chi connectivity index (χ3n) is 1.70. The van der Waals surface area contributed by atoms with E-state index < -0.39 is 5.88 Å². The van der Waals surface area contributed by atoms with Crippen molar-refractivity contribution in [3.63, 3.8) is 0 Å². The molecule has 5 heteroatoms. The van der Waals surface area contributed by atoms with E-state index in [2.05, 4.69) is 0 Å². The fraction of sp³-hybridized carbons (Fsp3) is 0.250. The van der Waals surface area contributed by atoms with Crippen molar-refractivity contribution >= 4 is 0 Å². The van der Waals surface area contributed by atoms with E-state index in [-0.39, 0.29) is 40.7 Å². The van der Waals surface area contributed by atoms with Crippen LogP contribution in [0, 0.1) is 18.3 Å². The Labute approximate surface area is 97.7 Å². The summed E-state index contributed by atoms with van der Waals surface area (Å²) in [6.45, 7) is 1.57. The maximum absolute atomic E-state index is 11.2. The standard InChI is InChI=1S/C8H8N2O2.Na/c1-5-3-7(11)10(2)8(12)6(5)4-9;/h3,12H,1-2H3;/q;+1/p-1. The molecule has 0 saturated heterocycles. The molecule has 0 fully saturated rings. The van der Waals surface area contributed by atoms with Crippen LogP contribution >= 0.6 is 0 Å². The summed E-state index contributed by atoms with van der Waals surface area (Å²) in [5, 5.41) is 19.7. The van der Waals surface area contributed by atoms with Crippen molar-refractivity contribution in [3.05, 3.63) is 27.5 Å². The third-order valence-corrected chi connectivity index (χ3v) is 1.70. The molecule has 0 spiro atoms. The average molecular weight is 186 g/mol. The van der Waals surface area contributed by atoms with Gasteiger partial charge in [-0.25, -0.2) is 0 Å². The molecule has 1 aromatic heterocycles. The van der Waals surface area contributed by atoms with Gasteiger partial charge in [-0.3, -0.25) is 4.79 Å². The van der Waals surface area contributed by atoms with Crippen LogP contribution in [-0.2, 0) is 7.05 Å². The van der Waals surface area contributed by atoms with Gasteiger partial charge in [-0.05, 0) is 18.4 Å². The largest absolute Gasteiger partial charge is 1.00 e. The van der Waals surface area contributed by atoms with Crippen LogP contribution in [0.5, 0.6) is 5.88 Å². The monoisotopic (exact) mass is 186 g/mol. The summed E-state index contributed by atoms with van der Waals surface area (Å²) < 4.78 is 0.922. The molecule has 0 aliphatic rings. The molecule has 13 heavy (non-hydrogen) atoms. The maximum Gasteiger partial charge on any atom is 1.00 e. The van der Waals surface area contributed by atoms with Gasteiger partial charge in [-0.1, -0.05) is 0 Å². The second-order valence-corrected chi connectivity index (χ2v) is 2.52. The predicted octanol–water partition coefficient (Wildman–Crippen LogP) is -3.36. The Morgan fingerprint density at radius 2 is 2.15 bits per heavy atom. The zero-order valence-corrected chi connectivity index (χ0v) is 9.79. The van der Waals surface area contributed by atoms with Gasteiger partial charge < -0.3 is 9.67 Å². The molecule has 0 aromatic carbocycles. The molecule has 0 aliphatic heterocycles. The summed E-state index contributed by atoms with van der Waals surface area (Å²) in [5.41, 5.74) is 0.0965. The Balaban J connectivity index is 0.00000144. The third kappa shape index (κ3) is 2.13. The van der Waals surface area contributed by atoms with Crippen molar-refractivity contribution in [2.24, 2.45) is 7.05 Å². The summed E-state index contributed by atoms with van der Waals surface area (Å²) in [7, 11) is 1.35. The molecule has 1 heterocycles. The Kier molecular flexibility index (Phi) is 4.21. The first kappa shape index (κ1) is 12.2. The molecule has 62 valence electrons. The molecular weight excluding hydrogens is 179 g/mol. The second-order valence-electron chi connectivity index (χ2n) is 2.52. The van der Waals surface area contributed by atoms with Gasteiger partial charge in [0.2, 0.25) is 5.56 Å². The summed E-state index contributed by atoms with van der Waals surface area (Å²) in [4.78, 5) is 11.0. The normalized spacial score (nSPS) is 8.69. The summed E-state index contributed by atoms with van der Waals surface area (Å²) in [6.07, 6.45) is 0. The van der Waals surface area contributed by atoms with E-state index in [9.17, 15) is 9.90 Å². The fourth-order valence-corrected chi connectivity index (χ4v) is 0.927. The van der Waals surface area contributed by atoms with Gasteiger partial charge in [0.25, 0.3) is 0 Å². The van der Waals surface area contributed by atoms with Gasteiger partial charge in [0.15, 0.2) is 0 Å². The predicted molar refractivity (Wildman–Crippen MR) is 40.6 cm³/mol. The van der Waals surface area contributed by atoms with Gasteiger partial charge in [-0.2, -0.15) is 5.26 Å². The fourth-order valence-electron chi connectivity index (χ4n) is 0.927. The van der Waals surface area contributed by atoms with Crippen molar-refractivity contribution in [2.75, 3.05) is 0 Å². The van der Waals surface area contributed by atoms with Crippen LogP contribution in [-0.4, -0.2) is 4.57 Å². The SMILES string of the molecule is Cc1cc(=O)n(C)c([O-])c1C#N.[Na+]. The number of pyridine rings is 1. The molecule has 1 aromatic rings. The van der Waals surface area contributed by atoms with E-state index in [4.69, 9.17) is 5.26 Å². The van der Waals surface area contributed by atoms with Crippen LogP contribution in [0.2, 0.25) is 0 Å². The smallest absolute Gasteiger partial charge is 0.859 e. The maximum atomic E-state index is 11.2. The first-order valence-electron chi connectivity index (χ1n) is 3.35. The van der Waals surface area contributed by atoms with Crippen LogP contribution in [0.3, 0.4) is 0 Å². The number of hydrogen-bond acceptors (Lipinski definition) is 3. The van der Waals surface area contributed by atoms with Crippen molar-refractivity contribution in [1.29, 1.82) is 5.26 Å². The van der Waals surface area contributed by atoms with Gasteiger partial charge in [0.1, 0.15) is 6.07 Å². The van der Waals surface area contributed by atoms with Gasteiger partial charge in [-0.15, -0.1) is 0 Å². The summed E-state index contributed by atoms with van der Waals surface area (Å²) >= 11 is 0. The molecule has 4 nitrogen and oxygen atoms in total. The van der Waals surface area contributed by atoms with E-state index in [0.717, 1.165) is 4.57 Å². The number of nitrogens with zero attached hydrogens (tertiary/aromatic N) is 2. The summed E-state index contributed by atoms with van der Waals surface area (Å²) in [6, 6.07) is 3.04. The Hall–Kier alpha value is -0.760. The quantitative estimate of drug-likeness (QED) is 0.397. The molecule has 0 amide bonds. The minimum absolute atomic E-state index is 0. The van der Waals surface area contributed by atoms with Crippen LogP contribution in [0.15, 0.2) is 10.9 Å². The molecular formula is C8H7N2NaO2. The molecule has 0 unspecified atom stereocenters. The molecule has 0 saturated carbocycles. The molecule has 0 N–H and O–H groups in total. The topological polar surface area (TPSA) is 68.8 Å².